The highest BCUT2D eigenvalue weighted by Gasteiger charge is 2.25. The summed E-state index contributed by atoms with van der Waals surface area (Å²) in [5.41, 5.74) is 1.90. The molecule has 1 aliphatic heterocycles. The molecular weight excluding hydrogens is 376 g/mol. The second kappa shape index (κ2) is 7.96. The third kappa shape index (κ3) is 3.68. The number of carbonyl (C=O) groups is 2. The van der Waals surface area contributed by atoms with Gasteiger partial charge < -0.3 is 29.1 Å². The van der Waals surface area contributed by atoms with Crippen molar-refractivity contribution < 1.29 is 23.5 Å². The molecule has 0 atom stereocenters. The second-order valence-electron chi connectivity index (χ2n) is 6.83. The highest BCUT2D eigenvalue weighted by Crippen LogP contribution is 2.32. The van der Waals surface area contributed by atoms with E-state index in [1.165, 1.54) is 13.4 Å². The first kappa shape index (κ1) is 19.0. The standard InChI is InChI=1S/C20H22N4O5/c1-24-17(20(26)27-2)16(23-19(25)15-4-3-7-29-15)14-10-13(11-21-18(14)24)22-12-5-8-28-9-6-12/h3-4,7,10-12,22H,5-6,8-9H2,1-2H3,(H,23,25). The average molecular weight is 398 g/mol. The highest BCUT2D eigenvalue weighted by atomic mass is 16.5. The molecular formula is C20H22N4O5. The van der Waals surface area contributed by atoms with Crippen molar-refractivity contribution in [2.45, 2.75) is 18.9 Å². The Morgan fingerprint density at radius 3 is 2.79 bits per heavy atom. The van der Waals surface area contributed by atoms with Crippen LogP contribution in [-0.2, 0) is 16.5 Å². The number of aryl methyl sites for hydroxylation is 1. The number of pyridine rings is 1. The summed E-state index contributed by atoms with van der Waals surface area (Å²) >= 11 is 0. The molecule has 2 N–H and O–H groups in total. The van der Waals surface area contributed by atoms with Gasteiger partial charge in [-0.3, -0.25) is 4.79 Å². The quantitative estimate of drug-likeness (QED) is 0.636. The van der Waals surface area contributed by atoms with Crippen LogP contribution in [-0.4, -0.2) is 47.8 Å². The smallest absolute Gasteiger partial charge is 0.356 e. The summed E-state index contributed by atoms with van der Waals surface area (Å²) in [7, 11) is 3.00. The zero-order valence-electron chi connectivity index (χ0n) is 16.2. The average Bonchev–Trinajstić information content (AvgIpc) is 3.36. The lowest BCUT2D eigenvalue weighted by atomic mass is 10.1. The summed E-state index contributed by atoms with van der Waals surface area (Å²) in [6.45, 7) is 1.44. The molecule has 0 bridgehead atoms. The molecule has 0 aliphatic carbocycles. The molecule has 1 saturated heterocycles. The lowest BCUT2D eigenvalue weighted by Crippen LogP contribution is -2.27. The van der Waals surface area contributed by atoms with Gasteiger partial charge in [-0.25, -0.2) is 9.78 Å². The third-order valence-electron chi connectivity index (χ3n) is 4.98. The van der Waals surface area contributed by atoms with Gasteiger partial charge in [0.15, 0.2) is 11.5 Å². The van der Waals surface area contributed by atoms with Gasteiger partial charge in [0.2, 0.25) is 0 Å². The number of hydrogen-bond acceptors (Lipinski definition) is 7. The van der Waals surface area contributed by atoms with Gasteiger partial charge in [-0.05, 0) is 31.0 Å². The number of fused-ring (bicyclic) bond motifs is 1. The predicted octanol–water partition coefficient (Wildman–Crippen LogP) is 2.80. The molecule has 9 nitrogen and oxygen atoms in total. The predicted molar refractivity (Wildman–Crippen MR) is 106 cm³/mol. The zero-order valence-corrected chi connectivity index (χ0v) is 16.2. The molecule has 0 saturated carbocycles. The van der Waals surface area contributed by atoms with E-state index in [9.17, 15) is 9.59 Å². The lowest BCUT2D eigenvalue weighted by molar-refractivity contribution is 0.0591. The minimum absolute atomic E-state index is 0.141. The van der Waals surface area contributed by atoms with Crippen molar-refractivity contribution in [3.05, 3.63) is 42.1 Å². The summed E-state index contributed by atoms with van der Waals surface area (Å²) in [6.07, 6.45) is 4.94. The van der Waals surface area contributed by atoms with Crippen molar-refractivity contribution >= 4 is 34.3 Å². The topological polar surface area (TPSA) is 108 Å². The molecule has 4 heterocycles. The van der Waals surface area contributed by atoms with E-state index in [0.717, 1.165) is 31.7 Å². The number of furan rings is 1. The van der Waals surface area contributed by atoms with Gasteiger partial charge in [0.25, 0.3) is 5.91 Å². The van der Waals surface area contributed by atoms with Crippen molar-refractivity contribution in [1.29, 1.82) is 0 Å². The highest BCUT2D eigenvalue weighted by molar-refractivity contribution is 6.14. The van der Waals surface area contributed by atoms with E-state index < -0.39 is 11.9 Å². The Morgan fingerprint density at radius 1 is 1.31 bits per heavy atom. The normalized spacial score (nSPS) is 14.7. The first-order valence-corrected chi connectivity index (χ1v) is 9.34. The number of esters is 1. The maximum absolute atomic E-state index is 12.6. The van der Waals surface area contributed by atoms with E-state index in [4.69, 9.17) is 13.9 Å². The molecule has 1 fully saturated rings. The Morgan fingerprint density at radius 2 is 2.10 bits per heavy atom. The second-order valence-corrected chi connectivity index (χ2v) is 6.83. The van der Waals surface area contributed by atoms with Crippen LogP contribution in [0.1, 0.15) is 33.9 Å². The first-order chi connectivity index (χ1) is 14.1. The van der Waals surface area contributed by atoms with Crippen LogP contribution in [0.4, 0.5) is 11.4 Å². The molecule has 3 aromatic rings. The van der Waals surface area contributed by atoms with E-state index in [1.54, 1.807) is 29.9 Å². The number of ether oxygens (including phenoxy) is 2. The van der Waals surface area contributed by atoms with E-state index in [2.05, 4.69) is 15.6 Å². The van der Waals surface area contributed by atoms with Gasteiger partial charge in [0.05, 0.1) is 30.9 Å². The summed E-state index contributed by atoms with van der Waals surface area (Å²) in [5.74, 6) is -0.892. The number of methoxy groups -OCH3 is 1. The Balaban J connectivity index is 1.75. The number of hydrogen-bond donors (Lipinski definition) is 2. The van der Waals surface area contributed by atoms with Crippen LogP contribution in [0.5, 0.6) is 0 Å². The van der Waals surface area contributed by atoms with E-state index in [-0.39, 0.29) is 17.5 Å². The van der Waals surface area contributed by atoms with Crippen molar-refractivity contribution in [3.8, 4) is 0 Å². The minimum atomic E-state index is -0.570. The minimum Gasteiger partial charge on any atom is -0.464 e. The molecule has 3 aromatic heterocycles. The largest absolute Gasteiger partial charge is 0.464 e. The Labute approximate surface area is 167 Å². The Hall–Kier alpha value is -3.33. The summed E-state index contributed by atoms with van der Waals surface area (Å²) in [4.78, 5) is 29.5. The van der Waals surface area contributed by atoms with Gasteiger partial charge in [-0.1, -0.05) is 0 Å². The molecule has 152 valence electrons. The van der Waals surface area contributed by atoms with E-state index >= 15 is 0 Å². The fraction of sp³-hybridized carbons (Fsp3) is 0.350. The maximum Gasteiger partial charge on any atom is 0.356 e. The maximum atomic E-state index is 12.6. The van der Waals surface area contributed by atoms with Gasteiger partial charge in [-0.15, -0.1) is 0 Å². The van der Waals surface area contributed by atoms with Gasteiger partial charge in [-0.2, -0.15) is 0 Å². The molecule has 0 aromatic carbocycles. The van der Waals surface area contributed by atoms with Crippen molar-refractivity contribution in [3.63, 3.8) is 0 Å². The summed E-state index contributed by atoms with van der Waals surface area (Å²) in [5, 5.41) is 6.86. The van der Waals surface area contributed by atoms with Crippen molar-refractivity contribution in [2.24, 2.45) is 7.05 Å². The van der Waals surface area contributed by atoms with Gasteiger partial charge in [0.1, 0.15) is 5.65 Å². The molecule has 1 amide bonds. The molecule has 1 aliphatic rings. The van der Waals surface area contributed by atoms with Crippen LogP contribution >= 0.6 is 0 Å². The molecule has 0 spiro atoms. The number of amides is 1. The molecule has 0 radical (unpaired) electrons. The number of carbonyl (C=O) groups excluding carboxylic acids is 2. The van der Waals surface area contributed by atoms with E-state index in [0.29, 0.717) is 16.7 Å². The summed E-state index contributed by atoms with van der Waals surface area (Å²) in [6, 6.07) is 5.33. The van der Waals surface area contributed by atoms with Crippen molar-refractivity contribution in [1.82, 2.24) is 9.55 Å². The number of rotatable bonds is 5. The summed E-state index contributed by atoms with van der Waals surface area (Å²) < 4.78 is 17.1. The van der Waals surface area contributed by atoms with Crippen LogP contribution in [0.15, 0.2) is 35.1 Å². The number of nitrogens with one attached hydrogen (secondary N) is 2. The molecule has 4 rings (SSSR count). The van der Waals surface area contributed by atoms with Crippen molar-refractivity contribution in [2.75, 3.05) is 31.0 Å². The number of aromatic nitrogens is 2. The fourth-order valence-electron chi connectivity index (χ4n) is 3.51. The van der Waals surface area contributed by atoms with E-state index in [1.807, 2.05) is 6.07 Å². The number of anilines is 2. The Bertz CT molecular complexity index is 1040. The third-order valence-corrected chi connectivity index (χ3v) is 4.98. The zero-order chi connectivity index (χ0) is 20.4. The van der Waals surface area contributed by atoms with Crippen LogP contribution in [0.2, 0.25) is 0 Å². The first-order valence-electron chi connectivity index (χ1n) is 9.34. The fourth-order valence-corrected chi connectivity index (χ4v) is 3.51. The SMILES string of the molecule is COC(=O)c1c(NC(=O)c2ccco2)c2cc(NC3CCOCC3)cnc2n1C. The number of nitrogens with zero attached hydrogens (tertiary/aromatic N) is 2. The van der Waals surface area contributed by atoms with Crippen LogP contribution in [0, 0.1) is 0 Å². The molecule has 0 unspecified atom stereocenters. The van der Waals surface area contributed by atoms with Crippen LogP contribution < -0.4 is 10.6 Å². The van der Waals surface area contributed by atoms with Gasteiger partial charge in [0, 0.05) is 31.7 Å². The van der Waals surface area contributed by atoms with Gasteiger partial charge >= 0.3 is 5.97 Å². The molecule has 9 heteroatoms. The lowest BCUT2D eigenvalue weighted by Gasteiger charge is -2.24. The molecule has 29 heavy (non-hydrogen) atoms. The van der Waals surface area contributed by atoms with Crippen LogP contribution in [0.3, 0.4) is 0 Å². The van der Waals surface area contributed by atoms with Crippen LogP contribution in [0.25, 0.3) is 11.0 Å². The Kier molecular flexibility index (Phi) is 5.22. The monoisotopic (exact) mass is 398 g/mol.